The largest absolute Gasteiger partial charge is 0.0876 e. The zero-order chi connectivity index (χ0) is 5.98. The van der Waals surface area contributed by atoms with Gasteiger partial charge in [0, 0.05) is 5.92 Å². The molecule has 0 spiro atoms. The van der Waals surface area contributed by atoms with Gasteiger partial charge >= 0.3 is 0 Å². The lowest BCUT2D eigenvalue weighted by atomic mass is 10.1. The Morgan fingerprint density at radius 2 is 2.25 bits per heavy atom. The normalized spacial score (nSPS) is 19.5. The van der Waals surface area contributed by atoms with Crippen molar-refractivity contribution >= 4 is 0 Å². The second-order valence-electron chi connectivity index (χ2n) is 2.13. The molecule has 1 aliphatic carbocycles. The summed E-state index contributed by atoms with van der Waals surface area (Å²) in [7, 11) is 0. The Bertz CT molecular complexity index is 123. The summed E-state index contributed by atoms with van der Waals surface area (Å²) in [6, 6.07) is 0. The quantitative estimate of drug-likeness (QED) is 0.477. The zero-order valence-electron chi connectivity index (χ0n) is 5.52. The summed E-state index contributed by atoms with van der Waals surface area (Å²) in [6.07, 6.45) is 7.89. The lowest BCUT2D eigenvalue weighted by Crippen LogP contribution is -1.81. The molecule has 0 atom stereocenters. The fourth-order valence-electron chi connectivity index (χ4n) is 0.935. The molecule has 0 fully saturated rings. The molecule has 0 saturated heterocycles. The van der Waals surface area contributed by atoms with Gasteiger partial charge in [0.1, 0.15) is 0 Å². The van der Waals surface area contributed by atoms with E-state index in [-0.39, 0.29) is 0 Å². The molecule has 0 aliphatic heterocycles. The monoisotopic (exact) mass is 108 g/mol. The lowest BCUT2D eigenvalue weighted by Gasteiger charge is -1.97. The second-order valence-corrected chi connectivity index (χ2v) is 2.13. The third kappa shape index (κ3) is 1.00. The van der Waals surface area contributed by atoms with Crippen molar-refractivity contribution < 1.29 is 0 Å². The van der Waals surface area contributed by atoms with Crippen LogP contribution in [0.25, 0.3) is 0 Å². The van der Waals surface area contributed by atoms with Crippen molar-refractivity contribution in [3.63, 3.8) is 0 Å². The molecular formula is C8H12. The number of hydrogen-bond acceptors (Lipinski definition) is 0. The molecule has 0 bridgehead atoms. The number of hydrogen-bond donors (Lipinski definition) is 0. The van der Waals surface area contributed by atoms with E-state index in [1.807, 2.05) is 0 Å². The first-order valence-electron chi connectivity index (χ1n) is 3.22. The van der Waals surface area contributed by atoms with Crippen LogP contribution in [0.2, 0.25) is 0 Å². The third-order valence-corrected chi connectivity index (χ3v) is 1.59. The predicted octanol–water partition coefficient (Wildman–Crippen LogP) is 2.53. The van der Waals surface area contributed by atoms with Crippen molar-refractivity contribution in [2.45, 2.75) is 20.3 Å². The van der Waals surface area contributed by atoms with Gasteiger partial charge in [-0.25, -0.2) is 0 Å². The minimum Gasteiger partial charge on any atom is -0.0876 e. The van der Waals surface area contributed by atoms with Gasteiger partial charge in [-0.05, 0) is 13.3 Å². The molecule has 0 amide bonds. The molecule has 0 heterocycles. The highest BCUT2D eigenvalue weighted by molar-refractivity contribution is 5.29. The van der Waals surface area contributed by atoms with Crippen molar-refractivity contribution in [3.8, 4) is 0 Å². The van der Waals surface area contributed by atoms with Crippen molar-refractivity contribution in [2.24, 2.45) is 5.92 Å². The van der Waals surface area contributed by atoms with Gasteiger partial charge in [0.05, 0.1) is 0 Å². The number of rotatable bonds is 2. The Morgan fingerprint density at radius 1 is 1.62 bits per heavy atom. The summed E-state index contributed by atoms with van der Waals surface area (Å²) < 4.78 is 0. The highest BCUT2D eigenvalue weighted by Gasteiger charge is 2.12. The predicted molar refractivity (Wildman–Crippen MR) is 36.7 cm³/mol. The molecule has 8 heavy (non-hydrogen) atoms. The Morgan fingerprint density at radius 3 is 2.38 bits per heavy atom. The molecule has 0 aromatic rings. The van der Waals surface area contributed by atoms with E-state index in [0.717, 1.165) is 5.92 Å². The molecule has 0 aromatic heterocycles. The van der Waals surface area contributed by atoms with Crippen LogP contribution in [0.3, 0.4) is 0 Å². The maximum absolute atomic E-state index is 2.23. The molecule has 0 N–H and O–H groups in total. The Balaban J connectivity index is 2.39. The average molecular weight is 108 g/mol. The minimum absolute atomic E-state index is 0.741. The molecule has 0 aromatic carbocycles. The van der Waals surface area contributed by atoms with Crippen LogP contribution in [0.5, 0.6) is 0 Å². The van der Waals surface area contributed by atoms with Gasteiger partial charge in [-0.15, -0.1) is 0 Å². The van der Waals surface area contributed by atoms with Crippen molar-refractivity contribution in [2.75, 3.05) is 0 Å². The number of allylic oxidation sites excluding steroid dienone is 4. The van der Waals surface area contributed by atoms with Gasteiger partial charge in [0.15, 0.2) is 0 Å². The van der Waals surface area contributed by atoms with Crippen LogP contribution in [0.15, 0.2) is 23.8 Å². The molecule has 1 aliphatic rings. The summed E-state index contributed by atoms with van der Waals surface area (Å²) in [5, 5.41) is 0. The van der Waals surface area contributed by atoms with Crippen LogP contribution in [0, 0.1) is 5.92 Å². The van der Waals surface area contributed by atoms with Gasteiger partial charge < -0.3 is 0 Å². The summed E-state index contributed by atoms with van der Waals surface area (Å²) in [5.74, 6) is 0.741. The van der Waals surface area contributed by atoms with Gasteiger partial charge in [-0.2, -0.15) is 0 Å². The Hall–Kier alpha value is -0.520. The van der Waals surface area contributed by atoms with Gasteiger partial charge in [0.2, 0.25) is 0 Å². The van der Waals surface area contributed by atoms with E-state index in [9.17, 15) is 0 Å². The highest BCUT2D eigenvalue weighted by Crippen LogP contribution is 2.27. The molecule has 44 valence electrons. The minimum atomic E-state index is 0.741. The topological polar surface area (TPSA) is 0 Å². The summed E-state index contributed by atoms with van der Waals surface area (Å²) in [5.41, 5.74) is 1.56. The molecule has 0 heteroatoms. The van der Waals surface area contributed by atoms with Crippen LogP contribution < -0.4 is 0 Å². The van der Waals surface area contributed by atoms with Crippen molar-refractivity contribution in [1.29, 1.82) is 0 Å². The average Bonchev–Trinajstić information content (AvgIpc) is 2.53. The molecule has 0 saturated carbocycles. The molecule has 0 nitrogen and oxygen atoms in total. The second kappa shape index (κ2) is 2.17. The summed E-state index contributed by atoms with van der Waals surface area (Å²) in [4.78, 5) is 0. The van der Waals surface area contributed by atoms with Crippen molar-refractivity contribution in [3.05, 3.63) is 23.8 Å². The Kier molecular flexibility index (Phi) is 1.52. The van der Waals surface area contributed by atoms with E-state index in [2.05, 4.69) is 32.1 Å². The van der Waals surface area contributed by atoms with Gasteiger partial charge in [-0.1, -0.05) is 30.7 Å². The Labute approximate surface area is 50.9 Å². The van der Waals surface area contributed by atoms with Gasteiger partial charge in [-0.3, -0.25) is 0 Å². The van der Waals surface area contributed by atoms with E-state index in [1.54, 1.807) is 5.57 Å². The summed E-state index contributed by atoms with van der Waals surface area (Å²) in [6.45, 7) is 4.31. The van der Waals surface area contributed by atoms with Crippen LogP contribution in [0.1, 0.15) is 20.3 Å². The molecule has 1 rings (SSSR count). The molecule has 0 unspecified atom stereocenters. The zero-order valence-corrected chi connectivity index (χ0v) is 5.52. The maximum Gasteiger partial charge on any atom is 0.0157 e. The van der Waals surface area contributed by atoms with Crippen LogP contribution in [0.4, 0.5) is 0 Å². The fourth-order valence-corrected chi connectivity index (χ4v) is 0.935. The van der Waals surface area contributed by atoms with Crippen LogP contribution in [-0.2, 0) is 0 Å². The SMILES string of the molecule is CC=C(CC)C1C=C1. The maximum atomic E-state index is 2.23. The smallest absolute Gasteiger partial charge is 0.0157 e. The lowest BCUT2D eigenvalue weighted by molar-refractivity contribution is 0.963. The fraction of sp³-hybridized carbons (Fsp3) is 0.500. The highest BCUT2D eigenvalue weighted by atomic mass is 14.2. The third-order valence-electron chi connectivity index (χ3n) is 1.59. The van der Waals surface area contributed by atoms with Gasteiger partial charge in [0.25, 0.3) is 0 Å². The van der Waals surface area contributed by atoms with Crippen LogP contribution >= 0.6 is 0 Å². The van der Waals surface area contributed by atoms with E-state index < -0.39 is 0 Å². The summed E-state index contributed by atoms with van der Waals surface area (Å²) >= 11 is 0. The van der Waals surface area contributed by atoms with E-state index in [0.29, 0.717) is 0 Å². The van der Waals surface area contributed by atoms with E-state index in [4.69, 9.17) is 0 Å². The standard InChI is InChI=1S/C8H12/c1-3-7(4-2)8-5-6-8/h3,5-6,8H,4H2,1-2H3. The van der Waals surface area contributed by atoms with Crippen molar-refractivity contribution in [1.82, 2.24) is 0 Å². The van der Waals surface area contributed by atoms with E-state index >= 15 is 0 Å². The first-order chi connectivity index (χ1) is 3.88. The van der Waals surface area contributed by atoms with Crippen LogP contribution in [-0.4, -0.2) is 0 Å². The molecule has 0 radical (unpaired) electrons. The first-order valence-corrected chi connectivity index (χ1v) is 3.22. The molecular weight excluding hydrogens is 96.1 g/mol. The van der Waals surface area contributed by atoms with E-state index in [1.165, 1.54) is 6.42 Å². The first kappa shape index (κ1) is 5.61.